The van der Waals surface area contributed by atoms with Gasteiger partial charge in [0.05, 0.1) is 34.7 Å². The Balaban J connectivity index is 2.50. The van der Waals surface area contributed by atoms with Crippen LogP contribution in [-0.2, 0) is 4.74 Å². The first kappa shape index (κ1) is 12.6. The molecule has 0 spiro atoms. The second-order valence-electron chi connectivity index (χ2n) is 3.45. The van der Waals surface area contributed by atoms with E-state index in [1.165, 1.54) is 16.9 Å². The van der Waals surface area contributed by atoms with Gasteiger partial charge in [-0.1, -0.05) is 0 Å². The number of carbonyl (C=O) groups is 1. The molecule has 0 unspecified atom stereocenters. The number of nitrogen functional groups attached to an aromatic ring is 1. The van der Waals surface area contributed by atoms with Crippen molar-refractivity contribution in [1.82, 2.24) is 14.8 Å². The summed E-state index contributed by atoms with van der Waals surface area (Å²) in [7, 11) is 0. The molecule has 0 aliphatic rings. The Hall–Kier alpha value is -1.89. The number of hydrogen-bond donors (Lipinski definition) is 1. The third kappa shape index (κ3) is 2.51. The van der Waals surface area contributed by atoms with Gasteiger partial charge in [-0.2, -0.15) is 5.10 Å². The van der Waals surface area contributed by atoms with E-state index in [4.69, 9.17) is 10.5 Å². The van der Waals surface area contributed by atoms with Crippen LogP contribution in [0.2, 0.25) is 0 Å². The number of anilines is 1. The Morgan fingerprint density at radius 3 is 2.94 bits per heavy atom. The second kappa shape index (κ2) is 5.18. The number of carbonyl (C=O) groups excluding carboxylic acids is 1. The molecule has 0 saturated heterocycles. The van der Waals surface area contributed by atoms with E-state index in [0.717, 1.165) is 4.47 Å². The first-order chi connectivity index (χ1) is 8.61. The van der Waals surface area contributed by atoms with E-state index in [-0.39, 0.29) is 5.82 Å². The van der Waals surface area contributed by atoms with Crippen LogP contribution in [0.1, 0.15) is 17.3 Å². The summed E-state index contributed by atoms with van der Waals surface area (Å²) < 4.78 is 7.31. The van der Waals surface area contributed by atoms with Crippen molar-refractivity contribution in [2.24, 2.45) is 0 Å². The maximum absolute atomic E-state index is 11.8. The van der Waals surface area contributed by atoms with Gasteiger partial charge in [0, 0.05) is 6.20 Å². The number of ether oxygens (including phenoxy) is 1. The SMILES string of the molecule is CCOC(=O)c1cc(N)ncc1-n1cc(Br)cn1. The van der Waals surface area contributed by atoms with Crippen molar-refractivity contribution in [2.45, 2.75) is 6.92 Å². The van der Waals surface area contributed by atoms with Crippen LogP contribution in [-0.4, -0.2) is 27.3 Å². The summed E-state index contributed by atoms with van der Waals surface area (Å²) in [6.07, 6.45) is 4.82. The second-order valence-corrected chi connectivity index (χ2v) is 4.37. The predicted molar refractivity (Wildman–Crippen MR) is 69.4 cm³/mol. The molecule has 2 N–H and O–H groups in total. The van der Waals surface area contributed by atoms with E-state index in [1.807, 2.05) is 0 Å². The van der Waals surface area contributed by atoms with Gasteiger partial charge in [0.1, 0.15) is 5.82 Å². The highest BCUT2D eigenvalue weighted by Crippen LogP contribution is 2.18. The van der Waals surface area contributed by atoms with Crippen molar-refractivity contribution in [2.75, 3.05) is 12.3 Å². The van der Waals surface area contributed by atoms with Crippen LogP contribution in [0.5, 0.6) is 0 Å². The summed E-state index contributed by atoms with van der Waals surface area (Å²) in [6, 6.07) is 1.48. The van der Waals surface area contributed by atoms with Gasteiger partial charge in [0.2, 0.25) is 0 Å². The van der Waals surface area contributed by atoms with Gasteiger partial charge in [-0.3, -0.25) is 0 Å². The summed E-state index contributed by atoms with van der Waals surface area (Å²) in [6.45, 7) is 2.04. The number of rotatable bonds is 3. The normalized spacial score (nSPS) is 10.3. The molecule has 0 bridgehead atoms. The summed E-state index contributed by atoms with van der Waals surface area (Å²) in [5, 5.41) is 4.10. The minimum Gasteiger partial charge on any atom is -0.462 e. The molecule has 0 atom stereocenters. The minimum absolute atomic E-state index is 0.257. The number of pyridine rings is 1. The lowest BCUT2D eigenvalue weighted by atomic mass is 10.2. The maximum Gasteiger partial charge on any atom is 0.340 e. The molecular weight excluding hydrogens is 300 g/mol. The predicted octanol–water partition coefficient (Wildman–Crippen LogP) is 1.79. The number of hydrogen-bond acceptors (Lipinski definition) is 5. The molecule has 2 rings (SSSR count). The van der Waals surface area contributed by atoms with Crippen molar-refractivity contribution < 1.29 is 9.53 Å². The topological polar surface area (TPSA) is 83.0 Å². The van der Waals surface area contributed by atoms with Gasteiger partial charge in [-0.15, -0.1) is 0 Å². The van der Waals surface area contributed by atoms with Crippen LogP contribution in [0.25, 0.3) is 5.69 Å². The molecule has 0 aliphatic carbocycles. The molecule has 0 amide bonds. The number of nitrogens with zero attached hydrogens (tertiary/aromatic N) is 3. The molecule has 0 aromatic carbocycles. The number of esters is 1. The van der Waals surface area contributed by atoms with E-state index >= 15 is 0 Å². The number of aromatic nitrogens is 3. The molecule has 2 heterocycles. The molecule has 0 saturated carbocycles. The minimum atomic E-state index is -0.451. The van der Waals surface area contributed by atoms with E-state index < -0.39 is 5.97 Å². The Bertz CT molecular complexity index is 582. The molecule has 94 valence electrons. The Labute approximate surface area is 112 Å². The van der Waals surface area contributed by atoms with E-state index in [2.05, 4.69) is 26.0 Å². The lowest BCUT2D eigenvalue weighted by molar-refractivity contribution is 0.0526. The molecule has 2 aromatic rings. The standard InChI is InChI=1S/C11H11BrN4O2/c1-2-18-11(17)8-3-10(13)14-5-9(8)16-6-7(12)4-15-16/h3-6H,2H2,1H3,(H2,13,14). The fourth-order valence-electron chi connectivity index (χ4n) is 1.45. The number of halogens is 1. The third-order valence-electron chi connectivity index (χ3n) is 2.20. The van der Waals surface area contributed by atoms with Crippen molar-refractivity contribution in [1.29, 1.82) is 0 Å². The highest BCUT2D eigenvalue weighted by atomic mass is 79.9. The van der Waals surface area contributed by atoms with Crippen LogP contribution in [0, 0.1) is 0 Å². The lowest BCUT2D eigenvalue weighted by Crippen LogP contribution is -2.11. The average molecular weight is 311 g/mol. The van der Waals surface area contributed by atoms with Gasteiger partial charge in [0.25, 0.3) is 0 Å². The maximum atomic E-state index is 11.8. The first-order valence-corrected chi connectivity index (χ1v) is 6.04. The Morgan fingerprint density at radius 2 is 2.33 bits per heavy atom. The molecular formula is C11H11BrN4O2. The van der Waals surface area contributed by atoms with Gasteiger partial charge < -0.3 is 10.5 Å². The van der Waals surface area contributed by atoms with Crippen molar-refractivity contribution in [3.63, 3.8) is 0 Å². The van der Waals surface area contributed by atoms with Crippen LogP contribution >= 0.6 is 15.9 Å². The van der Waals surface area contributed by atoms with Crippen LogP contribution < -0.4 is 5.73 Å². The average Bonchev–Trinajstić information content (AvgIpc) is 2.76. The largest absolute Gasteiger partial charge is 0.462 e. The molecule has 0 fully saturated rings. The monoisotopic (exact) mass is 310 g/mol. The zero-order valence-electron chi connectivity index (χ0n) is 9.63. The van der Waals surface area contributed by atoms with Gasteiger partial charge >= 0.3 is 5.97 Å². The van der Waals surface area contributed by atoms with Crippen molar-refractivity contribution in [3.8, 4) is 5.69 Å². The Kier molecular flexibility index (Phi) is 3.61. The number of nitrogens with two attached hydrogens (primary N) is 1. The van der Waals surface area contributed by atoms with Crippen molar-refractivity contribution in [3.05, 3.63) is 34.7 Å². The van der Waals surface area contributed by atoms with Gasteiger partial charge in [0.15, 0.2) is 0 Å². The molecule has 18 heavy (non-hydrogen) atoms. The zero-order chi connectivity index (χ0) is 13.1. The summed E-state index contributed by atoms with van der Waals surface area (Å²) in [5.41, 5.74) is 6.44. The summed E-state index contributed by atoms with van der Waals surface area (Å²) in [5.74, 6) is -0.193. The van der Waals surface area contributed by atoms with E-state index in [9.17, 15) is 4.79 Å². The molecule has 0 radical (unpaired) electrons. The van der Waals surface area contributed by atoms with E-state index in [0.29, 0.717) is 17.9 Å². The fraction of sp³-hybridized carbons (Fsp3) is 0.182. The third-order valence-corrected chi connectivity index (χ3v) is 2.61. The van der Waals surface area contributed by atoms with Gasteiger partial charge in [-0.05, 0) is 28.9 Å². The fourth-order valence-corrected chi connectivity index (χ4v) is 1.74. The quantitative estimate of drug-likeness (QED) is 0.874. The lowest BCUT2D eigenvalue weighted by Gasteiger charge is -2.08. The molecule has 0 aliphatic heterocycles. The first-order valence-electron chi connectivity index (χ1n) is 5.25. The van der Waals surface area contributed by atoms with E-state index in [1.54, 1.807) is 19.3 Å². The zero-order valence-corrected chi connectivity index (χ0v) is 11.2. The van der Waals surface area contributed by atoms with Crippen LogP contribution in [0.4, 0.5) is 5.82 Å². The van der Waals surface area contributed by atoms with Gasteiger partial charge in [-0.25, -0.2) is 14.5 Å². The molecule has 6 nitrogen and oxygen atoms in total. The van der Waals surface area contributed by atoms with Crippen molar-refractivity contribution >= 4 is 27.7 Å². The highest BCUT2D eigenvalue weighted by molar-refractivity contribution is 9.10. The molecule has 7 heteroatoms. The highest BCUT2D eigenvalue weighted by Gasteiger charge is 2.15. The Morgan fingerprint density at radius 1 is 1.56 bits per heavy atom. The summed E-state index contributed by atoms with van der Waals surface area (Å²) in [4.78, 5) is 15.8. The smallest absolute Gasteiger partial charge is 0.340 e. The van der Waals surface area contributed by atoms with Crippen LogP contribution in [0.15, 0.2) is 29.1 Å². The summed E-state index contributed by atoms with van der Waals surface area (Å²) >= 11 is 3.29. The van der Waals surface area contributed by atoms with Crippen LogP contribution in [0.3, 0.4) is 0 Å². The molecule has 2 aromatic heterocycles.